The Balaban J connectivity index is 1.80. The van der Waals surface area contributed by atoms with E-state index in [1.807, 2.05) is 0 Å². The van der Waals surface area contributed by atoms with Crippen molar-refractivity contribution in [1.82, 2.24) is 5.32 Å². The molecule has 1 heterocycles. The van der Waals surface area contributed by atoms with Gasteiger partial charge in [-0.05, 0) is 48.2 Å². The minimum Gasteiger partial charge on any atom is -0.496 e. The monoisotopic (exact) mass is 387 g/mol. The van der Waals surface area contributed by atoms with Crippen LogP contribution in [0.25, 0.3) is 0 Å². The van der Waals surface area contributed by atoms with E-state index in [0.29, 0.717) is 31.6 Å². The molecule has 2 aromatic rings. The zero-order valence-corrected chi connectivity index (χ0v) is 15.5. The van der Waals surface area contributed by atoms with Crippen LogP contribution in [0.3, 0.4) is 0 Å². The Labute approximate surface area is 162 Å². The molecule has 0 aromatic heterocycles. The average molecular weight is 387 g/mol. The first-order valence-corrected chi connectivity index (χ1v) is 8.98. The van der Waals surface area contributed by atoms with E-state index in [-0.39, 0.29) is 29.6 Å². The summed E-state index contributed by atoms with van der Waals surface area (Å²) in [5.74, 6) is -1.38. The van der Waals surface area contributed by atoms with Gasteiger partial charge in [-0.1, -0.05) is 18.2 Å². The van der Waals surface area contributed by atoms with E-state index in [1.165, 1.54) is 25.3 Å². The number of amides is 1. The summed E-state index contributed by atoms with van der Waals surface area (Å²) in [4.78, 5) is 24.5. The molecule has 1 fully saturated rings. The van der Waals surface area contributed by atoms with Crippen LogP contribution in [0.1, 0.15) is 34.3 Å². The zero-order valence-electron chi connectivity index (χ0n) is 15.5. The van der Waals surface area contributed by atoms with Gasteiger partial charge in [0.05, 0.1) is 12.5 Å². The van der Waals surface area contributed by atoms with Gasteiger partial charge in [-0.25, -0.2) is 9.18 Å². The molecule has 6 nitrogen and oxygen atoms in total. The van der Waals surface area contributed by atoms with Gasteiger partial charge < -0.3 is 19.9 Å². The first-order valence-electron chi connectivity index (χ1n) is 8.98. The first-order chi connectivity index (χ1) is 13.5. The fourth-order valence-electron chi connectivity index (χ4n) is 3.52. The molecule has 0 atom stereocenters. The van der Waals surface area contributed by atoms with Crippen LogP contribution in [0.2, 0.25) is 0 Å². The van der Waals surface area contributed by atoms with Gasteiger partial charge in [0.2, 0.25) is 5.91 Å². The minimum absolute atomic E-state index is 0.0357. The van der Waals surface area contributed by atoms with Gasteiger partial charge in [0.25, 0.3) is 0 Å². The maximum atomic E-state index is 13.3. The molecule has 3 rings (SSSR count). The van der Waals surface area contributed by atoms with Crippen LogP contribution in [0.5, 0.6) is 5.75 Å². The lowest BCUT2D eigenvalue weighted by molar-refractivity contribution is -0.130. The molecule has 0 spiro atoms. The highest BCUT2D eigenvalue weighted by atomic mass is 19.1. The largest absolute Gasteiger partial charge is 0.496 e. The van der Waals surface area contributed by atoms with Crippen LogP contribution in [0.4, 0.5) is 4.39 Å². The number of carbonyl (C=O) groups excluding carboxylic acids is 1. The Bertz CT molecular complexity index is 860. The predicted octanol–water partition coefficient (Wildman–Crippen LogP) is 2.90. The number of nitrogens with one attached hydrogen (secondary N) is 1. The number of rotatable bonds is 6. The molecule has 1 saturated heterocycles. The van der Waals surface area contributed by atoms with Crippen molar-refractivity contribution in [3.63, 3.8) is 0 Å². The second-order valence-corrected chi connectivity index (χ2v) is 6.72. The second-order valence-electron chi connectivity index (χ2n) is 6.72. The molecule has 0 radical (unpaired) electrons. The lowest BCUT2D eigenvalue weighted by atomic mass is 9.73. The third-order valence-electron chi connectivity index (χ3n) is 5.13. The van der Waals surface area contributed by atoms with Gasteiger partial charge in [-0.15, -0.1) is 0 Å². The number of carboxylic acids is 1. The molecule has 28 heavy (non-hydrogen) atoms. The number of hydrogen-bond acceptors (Lipinski definition) is 4. The topological polar surface area (TPSA) is 84.9 Å². The summed E-state index contributed by atoms with van der Waals surface area (Å²) in [7, 11) is 1.40. The lowest BCUT2D eigenvalue weighted by Crippen LogP contribution is -2.47. The van der Waals surface area contributed by atoms with Crippen LogP contribution >= 0.6 is 0 Å². The molecule has 2 N–H and O–H groups in total. The third kappa shape index (κ3) is 3.99. The molecule has 0 unspecified atom stereocenters. The van der Waals surface area contributed by atoms with Crippen LogP contribution < -0.4 is 10.1 Å². The number of ether oxygens (including phenoxy) is 2. The Kier molecular flexibility index (Phi) is 5.94. The van der Waals surface area contributed by atoms with E-state index in [1.54, 1.807) is 24.3 Å². The van der Waals surface area contributed by atoms with Crippen molar-refractivity contribution in [2.75, 3.05) is 20.3 Å². The van der Waals surface area contributed by atoms with Gasteiger partial charge in [-0.3, -0.25) is 4.79 Å². The average Bonchev–Trinajstić information content (AvgIpc) is 2.72. The van der Waals surface area contributed by atoms with Gasteiger partial charge >= 0.3 is 5.97 Å². The van der Waals surface area contributed by atoms with Crippen molar-refractivity contribution in [3.05, 3.63) is 65.0 Å². The molecular weight excluding hydrogens is 365 g/mol. The number of carboxylic acid groups (broad SMARTS) is 1. The van der Waals surface area contributed by atoms with Gasteiger partial charge in [0.15, 0.2) is 0 Å². The van der Waals surface area contributed by atoms with E-state index in [2.05, 4.69) is 5.32 Å². The Morgan fingerprint density at radius 1 is 1.18 bits per heavy atom. The molecule has 7 heteroatoms. The van der Waals surface area contributed by atoms with Crippen molar-refractivity contribution in [1.29, 1.82) is 0 Å². The summed E-state index contributed by atoms with van der Waals surface area (Å²) < 4.78 is 23.8. The highest BCUT2D eigenvalue weighted by Crippen LogP contribution is 2.35. The number of carbonyl (C=O) groups is 2. The van der Waals surface area contributed by atoms with Gasteiger partial charge in [0.1, 0.15) is 17.1 Å². The molecule has 2 aromatic carbocycles. The van der Waals surface area contributed by atoms with Crippen molar-refractivity contribution in [2.24, 2.45) is 0 Å². The summed E-state index contributed by atoms with van der Waals surface area (Å²) >= 11 is 0. The third-order valence-corrected chi connectivity index (χ3v) is 5.13. The van der Waals surface area contributed by atoms with E-state index >= 15 is 0 Å². The van der Waals surface area contributed by atoms with Crippen molar-refractivity contribution >= 4 is 11.9 Å². The van der Waals surface area contributed by atoms with Crippen LogP contribution in [0, 0.1) is 5.82 Å². The summed E-state index contributed by atoms with van der Waals surface area (Å²) in [6.45, 7) is 1.06. The van der Waals surface area contributed by atoms with E-state index in [9.17, 15) is 19.1 Å². The van der Waals surface area contributed by atoms with Crippen LogP contribution in [-0.2, 0) is 21.5 Å². The lowest BCUT2D eigenvalue weighted by Gasteiger charge is -2.36. The summed E-state index contributed by atoms with van der Waals surface area (Å²) in [6.07, 6.45) is 0.987. The number of hydrogen-bond donors (Lipinski definition) is 2. The van der Waals surface area contributed by atoms with Gasteiger partial charge in [0, 0.05) is 19.8 Å². The molecule has 148 valence electrons. The molecule has 0 saturated carbocycles. The van der Waals surface area contributed by atoms with Crippen LogP contribution in [0.15, 0.2) is 42.5 Å². The standard InChI is InChI=1S/C21H22FNO5/c1-27-18-7-2-14(12-17(18)19(24)25)13-23-20(26)21(8-10-28-11-9-21)15-3-5-16(22)6-4-15/h2-7,12H,8-11,13H2,1H3,(H,23,26)(H,24,25). The fraction of sp³-hybridized carbons (Fsp3) is 0.333. The highest BCUT2D eigenvalue weighted by molar-refractivity contribution is 5.91. The van der Waals surface area contributed by atoms with Crippen LogP contribution in [-0.4, -0.2) is 37.3 Å². The zero-order chi connectivity index (χ0) is 20.1. The highest BCUT2D eigenvalue weighted by Gasteiger charge is 2.41. The fourth-order valence-corrected chi connectivity index (χ4v) is 3.52. The number of halogens is 1. The predicted molar refractivity (Wildman–Crippen MR) is 99.9 cm³/mol. The normalized spacial score (nSPS) is 15.6. The maximum Gasteiger partial charge on any atom is 0.339 e. The van der Waals surface area contributed by atoms with E-state index in [4.69, 9.17) is 9.47 Å². The summed E-state index contributed by atoms with van der Waals surface area (Å²) in [5, 5.41) is 12.2. The first kappa shape index (κ1) is 19.8. The number of benzene rings is 2. The summed E-state index contributed by atoms with van der Waals surface area (Å²) in [5.41, 5.74) is 0.630. The smallest absolute Gasteiger partial charge is 0.339 e. The summed E-state index contributed by atoms with van der Waals surface area (Å²) in [6, 6.07) is 10.7. The number of aromatic carboxylic acids is 1. The van der Waals surface area contributed by atoms with Gasteiger partial charge in [-0.2, -0.15) is 0 Å². The molecular formula is C21H22FNO5. The molecule has 0 aliphatic carbocycles. The van der Waals surface area contributed by atoms with Crippen molar-refractivity contribution < 1.29 is 28.6 Å². The SMILES string of the molecule is COc1ccc(CNC(=O)C2(c3ccc(F)cc3)CCOCC2)cc1C(=O)O. The minimum atomic E-state index is -1.10. The molecule has 1 amide bonds. The maximum absolute atomic E-state index is 13.3. The molecule has 0 bridgehead atoms. The quantitative estimate of drug-likeness (QED) is 0.796. The molecule has 1 aliphatic rings. The Hall–Kier alpha value is -2.93. The number of methoxy groups -OCH3 is 1. The Morgan fingerprint density at radius 2 is 1.86 bits per heavy atom. The van der Waals surface area contributed by atoms with Crippen molar-refractivity contribution in [3.8, 4) is 5.75 Å². The van der Waals surface area contributed by atoms with E-state index < -0.39 is 11.4 Å². The van der Waals surface area contributed by atoms with Crippen molar-refractivity contribution in [2.45, 2.75) is 24.8 Å². The van der Waals surface area contributed by atoms with E-state index in [0.717, 1.165) is 5.56 Å². The second kappa shape index (κ2) is 8.39. The molecule has 1 aliphatic heterocycles. The Morgan fingerprint density at radius 3 is 2.46 bits per heavy atom.